The van der Waals surface area contributed by atoms with E-state index >= 15 is 0 Å². The van der Waals surface area contributed by atoms with E-state index in [4.69, 9.17) is 4.52 Å². The second-order valence-corrected chi connectivity index (χ2v) is 4.89. The number of aromatic nitrogens is 1. The molecule has 1 aromatic heterocycles. The molecule has 0 fully saturated rings. The number of hydrogen-bond acceptors (Lipinski definition) is 6. The van der Waals surface area contributed by atoms with Crippen LogP contribution < -0.4 is 0 Å². The summed E-state index contributed by atoms with van der Waals surface area (Å²) in [4.78, 5) is 0. The first-order valence-electron chi connectivity index (χ1n) is 6.52. The molecule has 3 rings (SSSR count). The van der Waals surface area contributed by atoms with Crippen LogP contribution in [-0.4, -0.2) is 25.6 Å². The Hall–Kier alpha value is -3.15. The van der Waals surface area contributed by atoms with Crippen molar-refractivity contribution in [1.29, 1.82) is 0 Å². The molecule has 0 unspecified atom stereocenters. The van der Waals surface area contributed by atoms with Crippen LogP contribution in [0, 0.1) is 0 Å². The summed E-state index contributed by atoms with van der Waals surface area (Å²) in [6.07, 6.45) is 0.418. The summed E-state index contributed by atoms with van der Waals surface area (Å²) in [5.41, 5.74) is 1.99. The lowest BCUT2D eigenvalue weighted by atomic mass is 10.1. The fourth-order valence-corrected chi connectivity index (χ4v) is 2.10. The number of phenolic OH excluding ortho intramolecular Hbond substituents is 4. The predicted octanol–water partition coefficient (Wildman–Crippen LogP) is 2.75. The minimum Gasteiger partial charge on any atom is -0.504 e. The van der Waals surface area contributed by atoms with Crippen LogP contribution in [0.15, 0.2) is 47.0 Å². The average molecular weight is 299 g/mol. The predicted molar refractivity (Wildman–Crippen MR) is 77.8 cm³/mol. The van der Waals surface area contributed by atoms with Crippen LogP contribution in [0.25, 0.3) is 11.3 Å². The quantitative estimate of drug-likeness (QED) is 0.554. The topological polar surface area (TPSA) is 107 Å². The monoisotopic (exact) mass is 299 g/mol. The van der Waals surface area contributed by atoms with Crippen molar-refractivity contribution < 1.29 is 24.9 Å². The van der Waals surface area contributed by atoms with Gasteiger partial charge in [-0.2, -0.15) is 0 Å². The SMILES string of the molecule is Oc1ccc(Cc2cc(-c3ccc(O)c(O)c3)on2)cc1O. The highest BCUT2D eigenvalue weighted by Gasteiger charge is 2.10. The highest BCUT2D eigenvalue weighted by Crippen LogP contribution is 2.31. The van der Waals surface area contributed by atoms with Crippen molar-refractivity contribution in [2.24, 2.45) is 0 Å². The third-order valence-corrected chi connectivity index (χ3v) is 3.24. The molecule has 22 heavy (non-hydrogen) atoms. The standard InChI is InChI=1S/C16H13NO5/c18-12-3-1-9(6-14(12)20)5-11-8-16(22-17-11)10-2-4-13(19)15(21)7-10/h1-4,6-8,18-21H,5H2. The van der Waals surface area contributed by atoms with E-state index in [-0.39, 0.29) is 23.0 Å². The van der Waals surface area contributed by atoms with Crippen LogP contribution in [0.5, 0.6) is 23.0 Å². The highest BCUT2D eigenvalue weighted by molar-refractivity contribution is 5.62. The van der Waals surface area contributed by atoms with Gasteiger partial charge in [0.05, 0.1) is 5.69 Å². The summed E-state index contributed by atoms with van der Waals surface area (Å²) < 4.78 is 5.22. The molecule has 1 heterocycles. The van der Waals surface area contributed by atoms with Gasteiger partial charge in [0, 0.05) is 18.1 Å². The first kappa shape index (κ1) is 13.8. The lowest BCUT2D eigenvalue weighted by Crippen LogP contribution is -1.87. The molecule has 4 N–H and O–H groups in total. The summed E-state index contributed by atoms with van der Waals surface area (Å²) in [6, 6.07) is 10.6. The summed E-state index contributed by atoms with van der Waals surface area (Å²) in [5.74, 6) is -0.357. The number of rotatable bonds is 3. The lowest BCUT2D eigenvalue weighted by Gasteiger charge is -2.01. The molecule has 0 spiro atoms. The van der Waals surface area contributed by atoms with E-state index in [0.717, 1.165) is 5.56 Å². The molecular weight excluding hydrogens is 286 g/mol. The van der Waals surface area contributed by atoms with Gasteiger partial charge in [-0.25, -0.2) is 0 Å². The Bertz CT molecular complexity index is 825. The van der Waals surface area contributed by atoms with Crippen molar-refractivity contribution in [3.8, 4) is 34.3 Å². The Morgan fingerprint density at radius 1 is 0.773 bits per heavy atom. The van der Waals surface area contributed by atoms with Crippen molar-refractivity contribution in [2.75, 3.05) is 0 Å². The molecule has 0 aliphatic heterocycles. The number of phenols is 4. The third-order valence-electron chi connectivity index (χ3n) is 3.24. The fourth-order valence-electron chi connectivity index (χ4n) is 2.10. The molecule has 112 valence electrons. The third kappa shape index (κ3) is 2.67. The number of aromatic hydroxyl groups is 4. The second kappa shape index (κ2) is 5.33. The van der Waals surface area contributed by atoms with Gasteiger partial charge in [0.25, 0.3) is 0 Å². The van der Waals surface area contributed by atoms with Crippen LogP contribution in [0.2, 0.25) is 0 Å². The second-order valence-electron chi connectivity index (χ2n) is 4.89. The summed E-state index contributed by atoms with van der Waals surface area (Å²) in [5, 5.41) is 41.5. The van der Waals surface area contributed by atoms with Crippen LogP contribution in [0.4, 0.5) is 0 Å². The van der Waals surface area contributed by atoms with Crippen LogP contribution in [-0.2, 0) is 6.42 Å². The molecule has 0 aliphatic rings. The molecule has 0 radical (unpaired) electrons. The van der Waals surface area contributed by atoms with Gasteiger partial charge < -0.3 is 24.9 Å². The van der Waals surface area contributed by atoms with Gasteiger partial charge in [-0.05, 0) is 35.9 Å². The minimum atomic E-state index is -0.237. The molecule has 3 aromatic rings. The minimum absolute atomic E-state index is 0.177. The van der Waals surface area contributed by atoms with Gasteiger partial charge >= 0.3 is 0 Å². The van der Waals surface area contributed by atoms with Crippen molar-refractivity contribution in [1.82, 2.24) is 5.16 Å². The van der Waals surface area contributed by atoms with E-state index in [1.54, 1.807) is 18.2 Å². The lowest BCUT2D eigenvalue weighted by molar-refractivity contribution is 0.402. The van der Waals surface area contributed by atoms with E-state index < -0.39 is 0 Å². The van der Waals surface area contributed by atoms with E-state index in [9.17, 15) is 20.4 Å². The molecule has 0 bridgehead atoms. The van der Waals surface area contributed by atoms with Crippen molar-refractivity contribution in [2.45, 2.75) is 6.42 Å². The average Bonchev–Trinajstić information content (AvgIpc) is 2.94. The first-order chi connectivity index (χ1) is 10.5. The van der Waals surface area contributed by atoms with Crippen molar-refractivity contribution in [3.63, 3.8) is 0 Å². The maximum atomic E-state index is 9.50. The molecule has 0 atom stereocenters. The summed E-state index contributed by atoms with van der Waals surface area (Å²) in [6.45, 7) is 0. The van der Waals surface area contributed by atoms with Crippen LogP contribution >= 0.6 is 0 Å². The zero-order valence-corrected chi connectivity index (χ0v) is 11.4. The largest absolute Gasteiger partial charge is 0.504 e. The highest BCUT2D eigenvalue weighted by atomic mass is 16.5. The molecule has 0 saturated carbocycles. The van der Waals surface area contributed by atoms with Crippen molar-refractivity contribution in [3.05, 3.63) is 53.7 Å². The molecule has 0 saturated heterocycles. The number of nitrogens with zero attached hydrogens (tertiary/aromatic N) is 1. The van der Waals surface area contributed by atoms with E-state index in [0.29, 0.717) is 23.4 Å². The maximum Gasteiger partial charge on any atom is 0.167 e. The van der Waals surface area contributed by atoms with Crippen LogP contribution in [0.1, 0.15) is 11.3 Å². The summed E-state index contributed by atoms with van der Waals surface area (Å²) >= 11 is 0. The van der Waals surface area contributed by atoms with Crippen molar-refractivity contribution >= 4 is 0 Å². The van der Waals surface area contributed by atoms with Gasteiger partial charge in [0.2, 0.25) is 0 Å². The van der Waals surface area contributed by atoms with Gasteiger partial charge in [-0.3, -0.25) is 0 Å². The maximum absolute atomic E-state index is 9.50. The Labute approximate surface area is 125 Å². The Kier molecular flexibility index (Phi) is 3.34. The van der Waals surface area contributed by atoms with E-state index in [1.807, 2.05) is 0 Å². The molecule has 0 amide bonds. The van der Waals surface area contributed by atoms with Gasteiger partial charge in [0.1, 0.15) is 0 Å². The molecule has 2 aromatic carbocycles. The summed E-state index contributed by atoms with van der Waals surface area (Å²) in [7, 11) is 0. The Morgan fingerprint density at radius 2 is 1.45 bits per heavy atom. The Morgan fingerprint density at radius 3 is 2.14 bits per heavy atom. The molecular formula is C16H13NO5. The molecule has 6 nitrogen and oxygen atoms in total. The van der Waals surface area contributed by atoms with E-state index in [2.05, 4.69) is 5.16 Å². The zero-order chi connectivity index (χ0) is 15.7. The Balaban J connectivity index is 1.84. The van der Waals surface area contributed by atoms with E-state index in [1.165, 1.54) is 24.3 Å². The first-order valence-corrected chi connectivity index (χ1v) is 6.52. The number of hydrogen-bond donors (Lipinski definition) is 4. The smallest absolute Gasteiger partial charge is 0.167 e. The zero-order valence-electron chi connectivity index (χ0n) is 11.4. The van der Waals surface area contributed by atoms with Crippen LogP contribution in [0.3, 0.4) is 0 Å². The fraction of sp³-hybridized carbons (Fsp3) is 0.0625. The molecule has 6 heteroatoms. The van der Waals surface area contributed by atoms with Gasteiger partial charge in [-0.1, -0.05) is 11.2 Å². The normalized spacial score (nSPS) is 10.7. The number of benzene rings is 2. The van der Waals surface area contributed by atoms with Gasteiger partial charge in [-0.15, -0.1) is 0 Å². The van der Waals surface area contributed by atoms with Gasteiger partial charge in [0.15, 0.2) is 28.8 Å². The molecule has 0 aliphatic carbocycles.